The van der Waals surface area contributed by atoms with Crippen molar-refractivity contribution in [3.63, 3.8) is 0 Å². The summed E-state index contributed by atoms with van der Waals surface area (Å²) in [7, 11) is 0. The van der Waals surface area contributed by atoms with E-state index in [1.165, 1.54) is 29.2 Å². The quantitative estimate of drug-likeness (QED) is 0.848. The number of aliphatic carboxylic acids is 1. The Hall–Kier alpha value is -2.11. The van der Waals surface area contributed by atoms with Gasteiger partial charge >= 0.3 is 12.1 Å². The van der Waals surface area contributed by atoms with Gasteiger partial charge < -0.3 is 9.84 Å². The molecule has 90 valence electrons. The van der Waals surface area contributed by atoms with Crippen LogP contribution in [0.3, 0.4) is 0 Å². The summed E-state index contributed by atoms with van der Waals surface area (Å²) in [4.78, 5) is 23.5. The molecule has 0 saturated carbocycles. The van der Waals surface area contributed by atoms with Crippen LogP contribution in [0.4, 0.5) is 14.9 Å². The molecular formula is C11H10FNO4. The van der Waals surface area contributed by atoms with Crippen molar-refractivity contribution in [3.05, 3.63) is 30.1 Å². The Morgan fingerprint density at radius 2 is 2.06 bits per heavy atom. The molecule has 0 aliphatic carbocycles. The third-order valence-electron chi connectivity index (χ3n) is 2.52. The van der Waals surface area contributed by atoms with Crippen molar-refractivity contribution in [1.29, 1.82) is 0 Å². The molecular weight excluding hydrogens is 229 g/mol. The molecule has 1 aromatic carbocycles. The molecule has 0 spiro atoms. The van der Waals surface area contributed by atoms with Crippen molar-refractivity contribution >= 4 is 17.7 Å². The second-order valence-electron chi connectivity index (χ2n) is 3.70. The first-order chi connectivity index (χ1) is 8.08. The maximum atomic E-state index is 12.7. The van der Waals surface area contributed by atoms with E-state index in [-0.39, 0.29) is 13.2 Å². The number of benzene rings is 1. The third-order valence-corrected chi connectivity index (χ3v) is 2.52. The van der Waals surface area contributed by atoms with Gasteiger partial charge in [-0.3, -0.25) is 9.69 Å². The number of halogens is 1. The van der Waals surface area contributed by atoms with Crippen molar-refractivity contribution in [2.24, 2.45) is 5.92 Å². The number of cyclic esters (lactones) is 1. The normalized spacial score (nSPS) is 19.9. The van der Waals surface area contributed by atoms with Crippen molar-refractivity contribution in [1.82, 2.24) is 0 Å². The lowest BCUT2D eigenvalue weighted by Gasteiger charge is -2.30. The van der Waals surface area contributed by atoms with Gasteiger partial charge in [0.1, 0.15) is 18.3 Å². The number of carboxylic acid groups (broad SMARTS) is 1. The van der Waals surface area contributed by atoms with Gasteiger partial charge in [0.15, 0.2) is 0 Å². The number of anilines is 1. The van der Waals surface area contributed by atoms with Crippen LogP contribution in [0.25, 0.3) is 0 Å². The van der Waals surface area contributed by atoms with Crippen molar-refractivity contribution < 1.29 is 23.8 Å². The topological polar surface area (TPSA) is 66.8 Å². The van der Waals surface area contributed by atoms with Crippen LogP contribution in [-0.4, -0.2) is 30.3 Å². The molecule has 2 rings (SSSR count). The molecule has 1 heterocycles. The maximum Gasteiger partial charge on any atom is 0.414 e. The zero-order valence-electron chi connectivity index (χ0n) is 8.80. The average molecular weight is 239 g/mol. The molecule has 1 unspecified atom stereocenters. The number of amides is 1. The molecule has 1 fully saturated rings. The van der Waals surface area contributed by atoms with Crippen molar-refractivity contribution in [2.75, 3.05) is 18.1 Å². The van der Waals surface area contributed by atoms with Gasteiger partial charge in [-0.05, 0) is 24.3 Å². The summed E-state index contributed by atoms with van der Waals surface area (Å²) in [6, 6.07) is 5.21. The Balaban J connectivity index is 2.20. The summed E-state index contributed by atoms with van der Waals surface area (Å²) in [5.74, 6) is -2.21. The maximum absolute atomic E-state index is 12.7. The van der Waals surface area contributed by atoms with Crippen LogP contribution in [0.2, 0.25) is 0 Å². The van der Waals surface area contributed by atoms with E-state index in [0.29, 0.717) is 5.69 Å². The van der Waals surface area contributed by atoms with E-state index < -0.39 is 23.8 Å². The van der Waals surface area contributed by atoms with Crippen LogP contribution in [0, 0.1) is 11.7 Å². The van der Waals surface area contributed by atoms with E-state index in [1.54, 1.807) is 0 Å². The lowest BCUT2D eigenvalue weighted by Crippen LogP contribution is -2.45. The smallest absolute Gasteiger partial charge is 0.414 e. The minimum atomic E-state index is -1.02. The van der Waals surface area contributed by atoms with Gasteiger partial charge in [0, 0.05) is 12.2 Å². The fraction of sp³-hybridized carbons (Fsp3) is 0.273. The Kier molecular flexibility index (Phi) is 2.95. The van der Waals surface area contributed by atoms with E-state index in [0.717, 1.165) is 0 Å². The monoisotopic (exact) mass is 239 g/mol. The lowest BCUT2D eigenvalue weighted by atomic mass is 10.1. The van der Waals surface area contributed by atoms with Gasteiger partial charge in [-0.2, -0.15) is 0 Å². The zero-order chi connectivity index (χ0) is 12.4. The molecule has 1 aliphatic heterocycles. The number of carbonyl (C=O) groups is 2. The zero-order valence-corrected chi connectivity index (χ0v) is 8.80. The molecule has 1 aromatic rings. The summed E-state index contributed by atoms with van der Waals surface area (Å²) in [6.07, 6.45) is -0.617. The van der Waals surface area contributed by atoms with E-state index in [2.05, 4.69) is 0 Å². The summed E-state index contributed by atoms with van der Waals surface area (Å²) in [5.41, 5.74) is 0.419. The van der Waals surface area contributed by atoms with Gasteiger partial charge in [0.25, 0.3) is 0 Å². The number of nitrogens with zero attached hydrogens (tertiary/aromatic N) is 1. The molecule has 5 nitrogen and oxygen atoms in total. The molecule has 1 amide bonds. The number of carbonyl (C=O) groups excluding carboxylic acids is 1. The first-order valence-corrected chi connectivity index (χ1v) is 5.00. The van der Waals surface area contributed by atoms with Crippen molar-refractivity contribution in [3.8, 4) is 0 Å². The Morgan fingerprint density at radius 3 is 2.65 bits per heavy atom. The first-order valence-electron chi connectivity index (χ1n) is 5.00. The Labute approximate surface area is 96.4 Å². The SMILES string of the molecule is O=C(O)C1COC(=O)N(c2ccc(F)cc2)C1. The van der Waals surface area contributed by atoms with E-state index in [4.69, 9.17) is 9.84 Å². The highest BCUT2D eigenvalue weighted by Gasteiger charge is 2.32. The van der Waals surface area contributed by atoms with E-state index >= 15 is 0 Å². The Morgan fingerprint density at radius 1 is 1.41 bits per heavy atom. The Bertz CT molecular complexity index is 445. The van der Waals surface area contributed by atoms with Crippen LogP contribution >= 0.6 is 0 Å². The highest BCUT2D eigenvalue weighted by atomic mass is 19.1. The average Bonchev–Trinajstić information content (AvgIpc) is 2.31. The minimum Gasteiger partial charge on any atom is -0.481 e. The van der Waals surface area contributed by atoms with Crippen LogP contribution in [0.5, 0.6) is 0 Å². The van der Waals surface area contributed by atoms with Gasteiger partial charge in [-0.15, -0.1) is 0 Å². The van der Waals surface area contributed by atoms with E-state index in [1.807, 2.05) is 0 Å². The number of rotatable bonds is 2. The minimum absolute atomic E-state index is 0.0276. The molecule has 0 radical (unpaired) electrons. The summed E-state index contributed by atoms with van der Waals surface area (Å²) in [5, 5.41) is 8.86. The van der Waals surface area contributed by atoms with Gasteiger partial charge in [-0.1, -0.05) is 0 Å². The summed E-state index contributed by atoms with van der Waals surface area (Å²) < 4.78 is 17.5. The highest BCUT2D eigenvalue weighted by molar-refractivity contribution is 5.90. The number of carboxylic acids is 1. The molecule has 0 aromatic heterocycles. The van der Waals surface area contributed by atoms with Gasteiger partial charge in [-0.25, -0.2) is 9.18 Å². The molecule has 1 saturated heterocycles. The highest BCUT2D eigenvalue weighted by Crippen LogP contribution is 2.21. The van der Waals surface area contributed by atoms with Crippen LogP contribution in [0.15, 0.2) is 24.3 Å². The molecule has 6 heteroatoms. The number of hydrogen-bond acceptors (Lipinski definition) is 3. The summed E-state index contributed by atoms with van der Waals surface area (Å²) >= 11 is 0. The van der Waals surface area contributed by atoms with Crippen molar-refractivity contribution in [2.45, 2.75) is 0 Å². The number of ether oxygens (including phenoxy) is 1. The number of hydrogen-bond donors (Lipinski definition) is 1. The molecule has 0 bridgehead atoms. The van der Waals surface area contributed by atoms with Crippen LogP contribution in [0.1, 0.15) is 0 Å². The largest absolute Gasteiger partial charge is 0.481 e. The molecule has 17 heavy (non-hydrogen) atoms. The fourth-order valence-electron chi connectivity index (χ4n) is 1.58. The summed E-state index contributed by atoms with van der Waals surface area (Å²) in [6.45, 7) is -0.105. The standard InChI is InChI=1S/C11H10FNO4/c12-8-1-3-9(4-2-8)13-5-7(10(14)15)6-17-11(13)16/h1-4,7H,5-6H2,(H,14,15). The predicted octanol–water partition coefficient (Wildman–Crippen LogP) is 1.48. The second-order valence-corrected chi connectivity index (χ2v) is 3.70. The third kappa shape index (κ3) is 2.35. The molecule has 1 atom stereocenters. The van der Waals surface area contributed by atoms with Crippen LogP contribution < -0.4 is 4.90 Å². The van der Waals surface area contributed by atoms with E-state index in [9.17, 15) is 14.0 Å². The predicted molar refractivity (Wildman–Crippen MR) is 56.2 cm³/mol. The first kappa shape index (κ1) is 11.4. The molecule has 1 aliphatic rings. The lowest BCUT2D eigenvalue weighted by molar-refractivity contribution is -0.143. The second kappa shape index (κ2) is 4.40. The molecule has 1 N–H and O–H groups in total. The van der Waals surface area contributed by atoms with Gasteiger partial charge in [0.2, 0.25) is 0 Å². The fourth-order valence-corrected chi connectivity index (χ4v) is 1.58. The van der Waals surface area contributed by atoms with Crippen LogP contribution in [-0.2, 0) is 9.53 Å². The van der Waals surface area contributed by atoms with Gasteiger partial charge in [0.05, 0.1) is 0 Å².